The van der Waals surface area contributed by atoms with Gasteiger partial charge in [-0.1, -0.05) is 6.92 Å². The predicted molar refractivity (Wildman–Crippen MR) is 60.4 cm³/mol. The number of hydrogen-bond donors (Lipinski definition) is 2. The van der Waals surface area contributed by atoms with Crippen LogP contribution in [0.25, 0.3) is 5.82 Å². The lowest BCUT2D eigenvalue weighted by Crippen LogP contribution is -2.17. The molecule has 0 aliphatic carbocycles. The number of rotatable bonds is 3. The van der Waals surface area contributed by atoms with Crippen LogP contribution in [0.1, 0.15) is 19.2 Å². The third-order valence-electron chi connectivity index (χ3n) is 2.29. The fourth-order valence-electron chi connectivity index (χ4n) is 1.53. The quantitative estimate of drug-likeness (QED) is 0.786. The fraction of sp³-hybridized carbons (Fsp3) is 0.300. The van der Waals surface area contributed by atoms with E-state index >= 15 is 0 Å². The van der Waals surface area contributed by atoms with Crippen LogP contribution in [-0.2, 0) is 6.42 Å². The Balaban J connectivity index is 2.54. The van der Waals surface area contributed by atoms with Gasteiger partial charge in [0.1, 0.15) is 11.5 Å². The van der Waals surface area contributed by atoms with Crippen molar-refractivity contribution in [2.24, 2.45) is 0 Å². The van der Waals surface area contributed by atoms with Gasteiger partial charge in [0, 0.05) is 18.8 Å². The monoisotopic (exact) mass is 219 g/mol. The Hall–Kier alpha value is -2.11. The van der Waals surface area contributed by atoms with Gasteiger partial charge in [-0.15, -0.1) is 0 Å². The van der Waals surface area contributed by atoms with Crippen molar-refractivity contribution in [3.05, 3.63) is 34.9 Å². The van der Waals surface area contributed by atoms with E-state index in [-0.39, 0.29) is 11.2 Å². The van der Waals surface area contributed by atoms with Gasteiger partial charge in [0.2, 0.25) is 0 Å². The summed E-state index contributed by atoms with van der Waals surface area (Å²) in [5.74, 6) is 1.29. The molecule has 0 aromatic carbocycles. The Morgan fingerprint density at radius 1 is 1.50 bits per heavy atom. The molecule has 2 aromatic rings. The second kappa shape index (κ2) is 4.18. The van der Waals surface area contributed by atoms with Crippen LogP contribution >= 0.6 is 0 Å². The lowest BCUT2D eigenvalue weighted by Gasteiger charge is -2.07. The highest BCUT2D eigenvalue weighted by molar-refractivity contribution is 5.51. The van der Waals surface area contributed by atoms with Gasteiger partial charge in [0.05, 0.1) is 6.33 Å². The zero-order chi connectivity index (χ0) is 11.5. The van der Waals surface area contributed by atoms with E-state index in [1.807, 2.05) is 0 Å². The zero-order valence-corrected chi connectivity index (χ0v) is 8.97. The number of nitrogens with one attached hydrogen (secondary N) is 1. The largest absolute Gasteiger partial charge is 0.391 e. The van der Waals surface area contributed by atoms with E-state index in [1.54, 1.807) is 17.0 Å². The number of nitrogens with two attached hydrogens (primary N) is 1. The molecule has 0 aliphatic heterocycles. The molecular formula is C10H13N5O. The summed E-state index contributed by atoms with van der Waals surface area (Å²) in [6.45, 7) is 2.06. The van der Waals surface area contributed by atoms with E-state index in [0.717, 1.165) is 18.7 Å². The molecule has 0 radical (unpaired) electrons. The van der Waals surface area contributed by atoms with Gasteiger partial charge in [0.15, 0.2) is 5.82 Å². The fourth-order valence-corrected chi connectivity index (χ4v) is 1.53. The van der Waals surface area contributed by atoms with E-state index in [4.69, 9.17) is 5.73 Å². The lowest BCUT2D eigenvalue weighted by molar-refractivity contribution is 0.796. The molecule has 3 N–H and O–H groups in total. The van der Waals surface area contributed by atoms with Gasteiger partial charge < -0.3 is 10.7 Å². The Morgan fingerprint density at radius 2 is 2.31 bits per heavy atom. The van der Waals surface area contributed by atoms with Crippen LogP contribution in [-0.4, -0.2) is 19.5 Å². The Kier molecular flexibility index (Phi) is 2.72. The molecule has 2 aromatic heterocycles. The average Bonchev–Trinajstić information content (AvgIpc) is 2.71. The van der Waals surface area contributed by atoms with Crippen LogP contribution in [0.4, 0.5) is 5.69 Å². The molecule has 0 atom stereocenters. The third kappa shape index (κ3) is 1.69. The van der Waals surface area contributed by atoms with Crippen LogP contribution < -0.4 is 11.3 Å². The van der Waals surface area contributed by atoms with Crippen LogP contribution in [0.3, 0.4) is 0 Å². The Bertz CT molecular complexity index is 542. The van der Waals surface area contributed by atoms with E-state index < -0.39 is 0 Å². The SMILES string of the molecule is CCCc1nccn1-c1nc[nH]c(=O)c1N. The van der Waals surface area contributed by atoms with Crippen LogP contribution in [0.15, 0.2) is 23.5 Å². The van der Waals surface area contributed by atoms with Gasteiger partial charge >= 0.3 is 0 Å². The summed E-state index contributed by atoms with van der Waals surface area (Å²) in [5.41, 5.74) is 5.46. The summed E-state index contributed by atoms with van der Waals surface area (Å²) in [7, 11) is 0. The second-order valence-corrected chi connectivity index (χ2v) is 3.43. The number of aromatic amines is 1. The Labute approximate surface area is 92.2 Å². The first-order valence-corrected chi connectivity index (χ1v) is 5.09. The van der Waals surface area contributed by atoms with E-state index in [1.165, 1.54) is 6.33 Å². The molecule has 2 heterocycles. The smallest absolute Gasteiger partial charge is 0.276 e. The van der Waals surface area contributed by atoms with Gasteiger partial charge in [-0.05, 0) is 6.42 Å². The van der Waals surface area contributed by atoms with Crippen molar-refractivity contribution >= 4 is 5.69 Å². The molecule has 6 heteroatoms. The predicted octanol–water partition coefficient (Wildman–Crippen LogP) is 0.490. The average molecular weight is 219 g/mol. The molecule has 2 rings (SSSR count). The van der Waals surface area contributed by atoms with Crippen molar-refractivity contribution in [3.63, 3.8) is 0 Å². The molecule has 84 valence electrons. The minimum Gasteiger partial charge on any atom is -0.391 e. The van der Waals surface area contributed by atoms with E-state index in [9.17, 15) is 4.79 Å². The summed E-state index contributed by atoms with van der Waals surface area (Å²) in [5, 5.41) is 0. The van der Waals surface area contributed by atoms with Crippen molar-refractivity contribution < 1.29 is 0 Å². The molecule has 0 unspecified atom stereocenters. The summed E-state index contributed by atoms with van der Waals surface area (Å²) in [6, 6.07) is 0. The van der Waals surface area contributed by atoms with E-state index in [2.05, 4.69) is 21.9 Å². The minimum absolute atomic E-state index is 0.109. The van der Waals surface area contributed by atoms with Crippen LogP contribution in [0.5, 0.6) is 0 Å². The highest BCUT2D eigenvalue weighted by Crippen LogP contribution is 2.12. The first-order valence-electron chi connectivity index (χ1n) is 5.09. The molecule has 0 saturated carbocycles. The first kappa shape index (κ1) is 10.4. The molecule has 0 spiro atoms. The lowest BCUT2D eigenvalue weighted by atomic mass is 10.3. The minimum atomic E-state index is -0.332. The van der Waals surface area contributed by atoms with Crippen molar-refractivity contribution in [1.29, 1.82) is 0 Å². The molecule has 6 nitrogen and oxygen atoms in total. The van der Waals surface area contributed by atoms with Crippen molar-refractivity contribution in [2.45, 2.75) is 19.8 Å². The molecule has 0 bridgehead atoms. The highest BCUT2D eigenvalue weighted by atomic mass is 16.1. The number of nitrogen functional groups attached to an aromatic ring is 1. The third-order valence-corrected chi connectivity index (χ3v) is 2.29. The standard InChI is InChI=1S/C10H13N5O/c1-2-3-7-12-4-5-15(7)9-8(11)10(16)14-6-13-9/h4-6H,2-3,11H2,1H3,(H,13,14,16). The number of imidazole rings is 1. The summed E-state index contributed by atoms with van der Waals surface area (Å²) in [6.07, 6.45) is 6.56. The second-order valence-electron chi connectivity index (χ2n) is 3.43. The molecule has 0 fully saturated rings. The summed E-state index contributed by atoms with van der Waals surface area (Å²) in [4.78, 5) is 22.1. The number of anilines is 1. The van der Waals surface area contributed by atoms with Gasteiger partial charge in [-0.3, -0.25) is 9.36 Å². The Morgan fingerprint density at radius 3 is 3.06 bits per heavy atom. The van der Waals surface area contributed by atoms with Gasteiger partial charge in [-0.2, -0.15) is 0 Å². The topological polar surface area (TPSA) is 89.6 Å². The number of aryl methyl sites for hydroxylation is 1. The van der Waals surface area contributed by atoms with Crippen LogP contribution in [0, 0.1) is 0 Å². The van der Waals surface area contributed by atoms with Gasteiger partial charge in [-0.25, -0.2) is 9.97 Å². The normalized spacial score (nSPS) is 10.6. The molecule has 16 heavy (non-hydrogen) atoms. The molecule has 0 aliphatic rings. The zero-order valence-electron chi connectivity index (χ0n) is 8.97. The number of aromatic nitrogens is 4. The van der Waals surface area contributed by atoms with Crippen molar-refractivity contribution in [3.8, 4) is 5.82 Å². The van der Waals surface area contributed by atoms with Crippen LogP contribution in [0.2, 0.25) is 0 Å². The summed E-state index contributed by atoms with van der Waals surface area (Å²) < 4.78 is 1.74. The maximum atomic E-state index is 11.3. The first-order chi connectivity index (χ1) is 7.74. The number of nitrogens with zero attached hydrogens (tertiary/aromatic N) is 3. The highest BCUT2D eigenvalue weighted by Gasteiger charge is 2.10. The molecule has 0 amide bonds. The van der Waals surface area contributed by atoms with E-state index in [0.29, 0.717) is 5.82 Å². The van der Waals surface area contributed by atoms with Gasteiger partial charge in [0.25, 0.3) is 5.56 Å². The number of hydrogen-bond acceptors (Lipinski definition) is 4. The maximum Gasteiger partial charge on any atom is 0.276 e. The molecular weight excluding hydrogens is 206 g/mol. The maximum absolute atomic E-state index is 11.3. The summed E-state index contributed by atoms with van der Waals surface area (Å²) >= 11 is 0. The molecule has 0 saturated heterocycles. The van der Waals surface area contributed by atoms with Crippen molar-refractivity contribution in [1.82, 2.24) is 19.5 Å². The van der Waals surface area contributed by atoms with Crippen molar-refractivity contribution in [2.75, 3.05) is 5.73 Å². The number of H-pyrrole nitrogens is 1.